The van der Waals surface area contributed by atoms with Crippen LogP contribution in [-0.4, -0.2) is 19.9 Å². The smallest absolute Gasteiger partial charge is 0.332 e. The number of urea groups is 1. The second kappa shape index (κ2) is 4.58. The Kier molecular flexibility index (Phi) is 3.43. The Labute approximate surface area is 82.4 Å². The molecule has 1 rings (SSSR count). The third-order valence-electron chi connectivity index (χ3n) is 1.33. The molecule has 0 spiro atoms. The fourth-order valence-corrected chi connectivity index (χ4v) is 1.02. The maximum Gasteiger partial charge on any atom is 0.332 e. The lowest BCUT2D eigenvalue weighted by molar-refractivity contribution is 0.256. The molecule has 1 unspecified atom stereocenters. The van der Waals surface area contributed by atoms with Crippen molar-refractivity contribution in [1.29, 1.82) is 0 Å². The first-order valence-electron chi connectivity index (χ1n) is 3.56. The number of aromatic hydroxyl groups is 1. The van der Waals surface area contributed by atoms with Gasteiger partial charge in [0.25, 0.3) is 11.3 Å². The number of nitrogens with one attached hydrogen (secondary N) is 2. The van der Waals surface area contributed by atoms with Gasteiger partial charge >= 0.3 is 6.03 Å². The maximum atomic E-state index is 10.9. The van der Waals surface area contributed by atoms with E-state index in [-0.39, 0.29) is 11.4 Å². The fraction of sp³-hybridized carbons (Fsp3) is 0. The van der Waals surface area contributed by atoms with Crippen LogP contribution in [-0.2, 0) is 11.3 Å². The van der Waals surface area contributed by atoms with E-state index in [2.05, 4.69) is 5.32 Å². The Morgan fingerprint density at radius 1 is 1.36 bits per heavy atom. The van der Waals surface area contributed by atoms with Crippen LogP contribution in [0.1, 0.15) is 0 Å². The molecule has 76 valence electrons. The zero-order chi connectivity index (χ0) is 10.6. The van der Waals surface area contributed by atoms with E-state index in [0.717, 1.165) is 0 Å². The molecule has 14 heavy (non-hydrogen) atoms. The van der Waals surface area contributed by atoms with Crippen LogP contribution in [0.4, 0.5) is 10.5 Å². The highest BCUT2D eigenvalue weighted by Gasteiger charge is 2.06. The summed E-state index contributed by atoms with van der Waals surface area (Å²) in [5.41, 5.74) is 0.162. The lowest BCUT2D eigenvalue weighted by Crippen LogP contribution is -2.29. The van der Waals surface area contributed by atoms with Crippen molar-refractivity contribution in [1.82, 2.24) is 4.72 Å². The molecule has 0 radical (unpaired) electrons. The van der Waals surface area contributed by atoms with Crippen LogP contribution in [0.3, 0.4) is 0 Å². The predicted molar refractivity (Wildman–Crippen MR) is 51.0 cm³/mol. The summed E-state index contributed by atoms with van der Waals surface area (Å²) in [6, 6.07) is 5.15. The van der Waals surface area contributed by atoms with Crippen LogP contribution in [0.2, 0.25) is 0 Å². The number of hydrogen-bond donors (Lipinski definition) is 4. The van der Waals surface area contributed by atoms with Gasteiger partial charge in [0, 0.05) is 0 Å². The molecule has 0 aromatic heterocycles. The van der Waals surface area contributed by atoms with Gasteiger partial charge in [-0.1, -0.05) is 12.1 Å². The normalized spacial score (nSPS) is 11.8. The molecular formula is C7H8N2O4S. The molecule has 0 bridgehead atoms. The highest BCUT2D eigenvalue weighted by Crippen LogP contribution is 2.20. The average Bonchev–Trinajstić information content (AvgIpc) is 2.07. The van der Waals surface area contributed by atoms with E-state index >= 15 is 0 Å². The fourth-order valence-electron chi connectivity index (χ4n) is 0.806. The van der Waals surface area contributed by atoms with E-state index in [1.165, 1.54) is 12.1 Å². The SMILES string of the molecule is O=C(Nc1ccccc1O)NS(=O)O. The molecule has 0 heterocycles. The molecule has 0 aliphatic rings. The lowest BCUT2D eigenvalue weighted by Gasteiger charge is -2.05. The highest BCUT2D eigenvalue weighted by atomic mass is 32.2. The van der Waals surface area contributed by atoms with Crippen LogP contribution >= 0.6 is 0 Å². The van der Waals surface area contributed by atoms with Gasteiger partial charge in [-0.25, -0.2) is 13.7 Å². The molecule has 1 aromatic carbocycles. The molecule has 0 aliphatic heterocycles. The number of phenols is 1. The van der Waals surface area contributed by atoms with Gasteiger partial charge < -0.3 is 10.4 Å². The van der Waals surface area contributed by atoms with Gasteiger partial charge in [-0.3, -0.25) is 4.55 Å². The first-order valence-corrected chi connectivity index (χ1v) is 4.67. The largest absolute Gasteiger partial charge is 0.506 e. The Morgan fingerprint density at radius 3 is 2.57 bits per heavy atom. The van der Waals surface area contributed by atoms with E-state index in [1.807, 2.05) is 0 Å². The standard InChI is InChI=1S/C7H8N2O4S/c10-6-4-2-1-3-5(6)8-7(11)9-14(12)13/h1-4,10H,(H,12,13)(H2,8,9,11). The molecule has 0 aliphatic carbocycles. The maximum absolute atomic E-state index is 10.9. The molecule has 2 amide bonds. The number of rotatable bonds is 2. The van der Waals surface area contributed by atoms with Crippen LogP contribution < -0.4 is 10.0 Å². The molecule has 0 fully saturated rings. The summed E-state index contributed by atoms with van der Waals surface area (Å²) in [5.74, 6) is -0.119. The topological polar surface area (TPSA) is 98.7 Å². The van der Waals surface area contributed by atoms with E-state index < -0.39 is 17.3 Å². The third-order valence-corrected chi connectivity index (χ3v) is 1.69. The van der Waals surface area contributed by atoms with Crippen LogP contribution in [0.25, 0.3) is 0 Å². The van der Waals surface area contributed by atoms with Crippen LogP contribution in [0, 0.1) is 0 Å². The van der Waals surface area contributed by atoms with Gasteiger partial charge in [-0.05, 0) is 12.1 Å². The summed E-state index contributed by atoms with van der Waals surface area (Å²) >= 11 is -2.42. The van der Waals surface area contributed by atoms with E-state index in [4.69, 9.17) is 4.55 Å². The van der Waals surface area contributed by atoms with Gasteiger partial charge in [0.05, 0.1) is 5.69 Å². The summed E-state index contributed by atoms with van der Waals surface area (Å²) < 4.78 is 20.2. The second-order valence-electron chi connectivity index (χ2n) is 2.32. The Bertz CT molecular complexity index is 368. The van der Waals surface area contributed by atoms with Gasteiger partial charge in [-0.15, -0.1) is 0 Å². The first-order chi connectivity index (χ1) is 6.59. The summed E-state index contributed by atoms with van der Waals surface area (Å²) in [7, 11) is 0. The molecule has 7 heteroatoms. The van der Waals surface area contributed by atoms with Gasteiger partial charge in [0.2, 0.25) is 0 Å². The van der Waals surface area contributed by atoms with E-state index in [9.17, 15) is 14.1 Å². The third kappa shape index (κ3) is 3.04. The highest BCUT2D eigenvalue weighted by molar-refractivity contribution is 7.77. The Balaban J connectivity index is 2.65. The second-order valence-corrected chi connectivity index (χ2v) is 3.02. The van der Waals surface area contributed by atoms with Crippen molar-refractivity contribution >= 4 is 23.0 Å². The molecule has 1 aromatic rings. The van der Waals surface area contributed by atoms with E-state index in [0.29, 0.717) is 0 Å². The van der Waals surface area contributed by atoms with Crippen molar-refractivity contribution in [2.45, 2.75) is 0 Å². The number of anilines is 1. The van der Waals surface area contributed by atoms with E-state index in [1.54, 1.807) is 16.9 Å². The molecule has 0 saturated heterocycles. The molecular weight excluding hydrogens is 208 g/mol. The van der Waals surface area contributed by atoms with Crippen molar-refractivity contribution in [3.05, 3.63) is 24.3 Å². The quantitative estimate of drug-likeness (QED) is 0.431. The summed E-state index contributed by atoms with van der Waals surface area (Å²) in [5, 5.41) is 11.4. The van der Waals surface area contributed by atoms with Crippen LogP contribution in [0.5, 0.6) is 5.75 Å². The zero-order valence-electron chi connectivity index (χ0n) is 6.93. The summed E-state index contributed by atoms with van der Waals surface area (Å²) in [6.45, 7) is 0. The minimum atomic E-state index is -2.42. The summed E-state index contributed by atoms with van der Waals surface area (Å²) in [6.07, 6.45) is 0. The molecule has 6 nitrogen and oxygen atoms in total. The molecule has 4 N–H and O–H groups in total. The number of carbonyl (C=O) groups is 1. The number of phenolic OH excluding ortho intramolecular Hbond substituents is 1. The Morgan fingerprint density at radius 2 is 2.00 bits per heavy atom. The van der Waals surface area contributed by atoms with Crippen molar-refractivity contribution in [3.8, 4) is 5.75 Å². The number of para-hydroxylation sites is 2. The van der Waals surface area contributed by atoms with Crippen molar-refractivity contribution in [2.75, 3.05) is 5.32 Å². The van der Waals surface area contributed by atoms with Crippen molar-refractivity contribution < 1.29 is 18.7 Å². The van der Waals surface area contributed by atoms with Crippen molar-refractivity contribution in [2.24, 2.45) is 0 Å². The minimum absolute atomic E-state index is 0.119. The minimum Gasteiger partial charge on any atom is -0.506 e. The Hall–Kier alpha value is -1.60. The number of hydrogen-bond acceptors (Lipinski definition) is 3. The number of amides is 2. The number of benzene rings is 1. The molecule has 0 saturated carbocycles. The van der Waals surface area contributed by atoms with Crippen molar-refractivity contribution in [3.63, 3.8) is 0 Å². The monoisotopic (exact) mass is 216 g/mol. The summed E-state index contributed by atoms with van der Waals surface area (Å²) in [4.78, 5) is 10.9. The zero-order valence-corrected chi connectivity index (χ0v) is 7.75. The van der Waals surface area contributed by atoms with Gasteiger partial charge in [0.15, 0.2) is 0 Å². The van der Waals surface area contributed by atoms with Gasteiger partial charge in [-0.2, -0.15) is 0 Å². The van der Waals surface area contributed by atoms with Gasteiger partial charge in [0.1, 0.15) is 5.75 Å². The first kappa shape index (κ1) is 10.5. The molecule has 1 atom stereocenters. The average molecular weight is 216 g/mol. The lowest BCUT2D eigenvalue weighted by atomic mass is 10.3. The predicted octanol–water partition coefficient (Wildman–Crippen LogP) is 0.650. The van der Waals surface area contributed by atoms with Crippen LogP contribution in [0.15, 0.2) is 24.3 Å². The number of carbonyl (C=O) groups excluding carboxylic acids is 1.